The summed E-state index contributed by atoms with van der Waals surface area (Å²) in [5, 5.41) is 3.36. The SMILES string of the molecule is CC(C)CNCCCS(=O)c1ccccc1. The van der Waals surface area contributed by atoms with Crippen LogP contribution in [-0.2, 0) is 10.8 Å². The van der Waals surface area contributed by atoms with Gasteiger partial charge in [0.1, 0.15) is 0 Å². The van der Waals surface area contributed by atoms with E-state index in [9.17, 15) is 4.21 Å². The van der Waals surface area contributed by atoms with Crippen LogP contribution in [0.25, 0.3) is 0 Å². The molecule has 3 heteroatoms. The molecule has 0 fully saturated rings. The molecule has 0 aromatic heterocycles. The number of benzene rings is 1. The molecular formula is C13H21NOS. The normalized spacial score (nSPS) is 12.9. The molecular weight excluding hydrogens is 218 g/mol. The maximum absolute atomic E-state index is 11.8. The summed E-state index contributed by atoms with van der Waals surface area (Å²) >= 11 is 0. The first-order valence-corrected chi connectivity index (χ1v) is 7.16. The summed E-state index contributed by atoms with van der Waals surface area (Å²) in [6.07, 6.45) is 0.966. The molecule has 90 valence electrons. The first-order chi connectivity index (χ1) is 7.70. The lowest BCUT2D eigenvalue weighted by atomic mass is 10.2. The van der Waals surface area contributed by atoms with Crippen molar-refractivity contribution in [2.24, 2.45) is 5.92 Å². The Labute approximate surface area is 101 Å². The lowest BCUT2D eigenvalue weighted by Gasteiger charge is -2.07. The van der Waals surface area contributed by atoms with Gasteiger partial charge in [0.15, 0.2) is 0 Å². The van der Waals surface area contributed by atoms with Crippen LogP contribution in [0.5, 0.6) is 0 Å². The van der Waals surface area contributed by atoms with Gasteiger partial charge in [0.25, 0.3) is 0 Å². The van der Waals surface area contributed by atoms with Gasteiger partial charge in [-0.05, 0) is 37.6 Å². The summed E-state index contributed by atoms with van der Waals surface area (Å²) in [5.41, 5.74) is 0. The summed E-state index contributed by atoms with van der Waals surface area (Å²) in [7, 11) is -0.838. The highest BCUT2D eigenvalue weighted by molar-refractivity contribution is 7.85. The highest BCUT2D eigenvalue weighted by Crippen LogP contribution is 2.06. The molecule has 1 aromatic rings. The predicted octanol–water partition coefficient (Wildman–Crippen LogP) is 2.43. The van der Waals surface area contributed by atoms with Crippen LogP contribution >= 0.6 is 0 Å². The molecule has 1 N–H and O–H groups in total. The van der Waals surface area contributed by atoms with Gasteiger partial charge in [-0.25, -0.2) is 0 Å². The largest absolute Gasteiger partial charge is 0.316 e. The van der Waals surface area contributed by atoms with Crippen LogP contribution in [0.4, 0.5) is 0 Å². The summed E-state index contributed by atoms with van der Waals surface area (Å²) in [5.74, 6) is 1.43. The van der Waals surface area contributed by atoms with Crippen LogP contribution in [0, 0.1) is 5.92 Å². The molecule has 0 radical (unpaired) electrons. The Bertz CT molecular complexity index is 311. The minimum Gasteiger partial charge on any atom is -0.316 e. The Morgan fingerprint density at radius 2 is 1.94 bits per heavy atom. The minimum absolute atomic E-state index is 0.680. The monoisotopic (exact) mass is 239 g/mol. The molecule has 1 aromatic carbocycles. The predicted molar refractivity (Wildman–Crippen MR) is 70.0 cm³/mol. The third-order valence-corrected chi connectivity index (χ3v) is 3.70. The third kappa shape index (κ3) is 5.42. The Balaban J connectivity index is 2.16. The van der Waals surface area contributed by atoms with E-state index in [-0.39, 0.29) is 0 Å². The van der Waals surface area contributed by atoms with Gasteiger partial charge in [0, 0.05) is 10.6 Å². The molecule has 0 amide bonds. The third-order valence-electron chi connectivity index (χ3n) is 2.24. The van der Waals surface area contributed by atoms with E-state index in [1.54, 1.807) is 0 Å². The van der Waals surface area contributed by atoms with Crippen molar-refractivity contribution in [2.45, 2.75) is 25.2 Å². The molecule has 2 nitrogen and oxygen atoms in total. The van der Waals surface area contributed by atoms with Crippen molar-refractivity contribution in [3.8, 4) is 0 Å². The van der Waals surface area contributed by atoms with E-state index in [1.807, 2.05) is 30.3 Å². The quantitative estimate of drug-likeness (QED) is 0.740. The van der Waals surface area contributed by atoms with E-state index in [0.29, 0.717) is 5.92 Å². The highest BCUT2D eigenvalue weighted by Gasteiger charge is 2.02. The zero-order valence-electron chi connectivity index (χ0n) is 10.1. The van der Waals surface area contributed by atoms with Crippen LogP contribution in [0.2, 0.25) is 0 Å². The van der Waals surface area contributed by atoms with Gasteiger partial charge in [0.2, 0.25) is 0 Å². The Morgan fingerprint density at radius 1 is 1.25 bits per heavy atom. The summed E-state index contributed by atoms with van der Waals surface area (Å²) < 4.78 is 11.8. The van der Waals surface area contributed by atoms with E-state index >= 15 is 0 Å². The van der Waals surface area contributed by atoms with Crippen molar-refractivity contribution in [1.82, 2.24) is 5.32 Å². The molecule has 0 saturated carbocycles. The standard InChI is InChI=1S/C13H21NOS/c1-12(2)11-14-9-6-10-16(15)13-7-4-3-5-8-13/h3-5,7-8,12,14H,6,9-11H2,1-2H3. The van der Waals surface area contributed by atoms with Crippen LogP contribution in [0.3, 0.4) is 0 Å². The van der Waals surface area contributed by atoms with Crippen molar-refractivity contribution < 1.29 is 4.21 Å². The summed E-state index contributed by atoms with van der Waals surface area (Å²) in [6.45, 7) is 6.37. The molecule has 1 atom stereocenters. The average molecular weight is 239 g/mol. The van der Waals surface area contributed by atoms with Gasteiger partial charge < -0.3 is 5.32 Å². The van der Waals surface area contributed by atoms with E-state index in [4.69, 9.17) is 0 Å². The van der Waals surface area contributed by atoms with Crippen molar-refractivity contribution >= 4 is 10.8 Å². The number of hydrogen-bond donors (Lipinski definition) is 1. The van der Waals surface area contributed by atoms with Crippen LogP contribution in [-0.4, -0.2) is 23.1 Å². The molecule has 0 spiro atoms. The van der Waals surface area contributed by atoms with Crippen LogP contribution in [0.15, 0.2) is 35.2 Å². The fourth-order valence-electron chi connectivity index (χ4n) is 1.41. The smallest absolute Gasteiger partial charge is 0.0529 e. The molecule has 0 aliphatic carbocycles. The first kappa shape index (κ1) is 13.4. The van der Waals surface area contributed by atoms with Crippen molar-refractivity contribution in [2.75, 3.05) is 18.8 Å². The van der Waals surface area contributed by atoms with Gasteiger partial charge >= 0.3 is 0 Å². The second-order valence-electron chi connectivity index (χ2n) is 4.31. The topological polar surface area (TPSA) is 29.1 Å². The Kier molecular flexibility index (Phi) is 6.34. The summed E-state index contributed by atoms with van der Waals surface area (Å²) in [4.78, 5) is 0.936. The van der Waals surface area contributed by atoms with E-state index in [0.717, 1.165) is 30.2 Å². The van der Waals surface area contributed by atoms with Gasteiger partial charge in [0.05, 0.1) is 10.8 Å². The fraction of sp³-hybridized carbons (Fsp3) is 0.538. The second-order valence-corrected chi connectivity index (χ2v) is 5.88. The zero-order chi connectivity index (χ0) is 11.8. The molecule has 0 aliphatic heterocycles. The molecule has 0 aliphatic rings. The highest BCUT2D eigenvalue weighted by atomic mass is 32.2. The van der Waals surface area contributed by atoms with E-state index in [1.165, 1.54) is 0 Å². The second kappa shape index (κ2) is 7.58. The first-order valence-electron chi connectivity index (χ1n) is 5.84. The molecule has 16 heavy (non-hydrogen) atoms. The molecule has 1 rings (SSSR count). The number of hydrogen-bond acceptors (Lipinski definition) is 2. The lowest BCUT2D eigenvalue weighted by Crippen LogP contribution is -2.21. The van der Waals surface area contributed by atoms with Gasteiger partial charge in [-0.2, -0.15) is 0 Å². The molecule has 0 bridgehead atoms. The van der Waals surface area contributed by atoms with Crippen molar-refractivity contribution in [3.63, 3.8) is 0 Å². The van der Waals surface area contributed by atoms with Gasteiger partial charge in [-0.1, -0.05) is 32.0 Å². The maximum atomic E-state index is 11.8. The Morgan fingerprint density at radius 3 is 2.56 bits per heavy atom. The number of nitrogens with one attached hydrogen (secondary N) is 1. The van der Waals surface area contributed by atoms with Crippen molar-refractivity contribution in [3.05, 3.63) is 30.3 Å². The molecule has 0 saturated heterocycles. The average Bonchev–Trinajstić information content (AvgIpc) is 2.29. The molecule has 0 heterocycles. The fourth-order valence-corrected chi connectivity index (χ4v) is 2.51. The minimum atomic E-state index is -0.838. The van der Waals surface area contributed by atoms with Crippen molar-refractivity contribution in [1.29, 1.82) is 0 Å². The zero-order valence-corrected chi connectivity index (χ0v) is 10.9. The maximum Gasteiger partial charge on any atom is 0.0529 e. The van der Waals surface area contributed by atoms with E-state index < -0.39 is 10.8 Å². The number of rotatable bonds is 7. The van der Waals surface area contributed by atoms with Crippen LogP contribution in [0.1, 0.15) is 20.3 Å². The van der Waals surface area contributed by atoms with E-state index in [2.05, 4.69) is 19.2 Å². The lowest BCUT2D eigenvalue weighted by molar-refractivity contribution is 0.550. The van der Waals surface area contributed by atoms with Gasteiger partial charge in [-0.3, -0.25) is 4.21 Å². The summed E-state index contributed by atoms with van der Waals surface area (Å²) in [6, 6.07) is 9.68. The Hall–Kier alpha value is -0.670. The van der Waals surface area contributed by atoms with Gasteiger partial charge in [-0.15, -0.1) is 0 Å². The molecule has 1 unspecified atom stereocenters. The van der Waals surface area contributed by atoms with Crippen LogP contribution < -0.4 is 5.32 Å².